The van der Waals surface area contributed by atoms with Crippen LogP contribution < -0.4 is 10.6 Å². The first kappa shape index (κ1) is 17.3. The topological polar surface area (TPSA) is 96.2 Å². The van der Waals surface area contributed by atoms with Gasteiger partial charge in [0.05, 0.1) is 11.6 Å². The summed E-state index contributed by atoms with van der Waals surface area (Å²) in [5, 5.41) is 19.1. The van der Waals surface area contributed by atoms with Crippen molar-refractivity contribution in [3.05, 3.63) is 17.5 Å². The molecular formula is C16H26N4O3. The first-order valence-corrected chi connectivity index (χ1v) is 8.24. The molecule has 1 aromatic heterocycles. The highest BCUT2D eigenvalue weighted by molar-refractivity contribution is 5.74. The molecule has 2 rings (SSSR count). The Balaban J connectivity index is 1.60. The minimum absolute atomic E-state index is 0.0848. The highest BCUT2D eigenvalue weighted by Gasteiger charge is 2.26. The number of rotatable bonds is 6. The minimum Gasteiger partial charge on any atom is -0.481 e. The molecule has 1 aliphatic carbocycles. The number of carbonyl (C=O) groups is 2. The number of nitrogens with one attached hydrogen (secondary N) is 2. The lowest BCUT2D eigenvalue weighted by Crippen LogP contribution is -2.44. The first-order valence-electron chi connectivity index (χ1n) is 8.24. The van der Waals surface area contributed by atoms with E-state index in [0.29, 0.717) is 19.4 Å². The quantitative estimate of drug-likeness (QED) is 0.696. The summed E-state index contributed by atoms with van der Waals surface area (Å²) < 4.78 is 1.95. The summed E-state index contributed by atoms with van der Waals surface area (Å²) in [6, 6.07) is 1.95. The molecule has 0 saturated heterocycles. The Morgan fingerprint density at radius 3 is 2.57 bits per heavy atom. The number of aliphatic carboxylic acids is 1. The van der Waals surface area contributed by atoms with Crippen LogP contribution in [0.5, 0.6) is 0 Å². The Labute approximate surface area is 136 Å². The molecule has 0 radical (unpaired) electrons. The third kappa shape index (κ3) is 5.26. The molecule has 0 unspecified atom stereocenters. The maximum Gasteiger partial charge on any atom is 0.315 e. The van der Waals surface area contributed by atoms with Gasteiger partial charge < -0.3 is 15.7 Å². The number of aryl methyl sites for hydroxylation is 3. The van der Waals surface area contributed by atoms with Crippen LogP contribution >= 0.6 is 0 Å². The molecule has 7 heteroatoms. The van der Waals surface area contributed by atoms with Gasteiger partial charge in [0, 0.05) is 24.8 Å². The average Bonchev–Trinajstić information content (AvgIpc) is 2.82. The van der Waals surface area contributed by atoms with Gasteiger partial charge in [0.2, 0.25) is 0 Å². The number of aromatic nitrogens is 2. The maximum absolute atomic E-state index is 11.8. The number of carboxylic acids is 1. The van der Waals surface area contributed by atoms with Crippen molar-refractivity contribution in [3.63, 3.8) is 0 Å². The molecule has 23 heavy (non-hydrogen) atoms. The summed E-state index contributed by atoms with van der Waals surface area (Å²) in [6.07, 6.45) is 3.56. The molecule has 1 aromatic rings. The molecule has 0 atom stereocenters. The van der Waals surface area contributed by atoms with E-state index in [1.165, 1.54) is 0 Å². The van der Waals surface area contributed by atoms with E-state index in [-0.39, 0.29) is 18.0 Å². The normalized spacial score (nSPS) is 21.0. The second kappa shape index (κ2) is 7.99. The van der Waals surface area contributed by atoms with Gasteiger partial charge in [-0.1, -0.05) is 0 Å². The zero-order chi connectivity index (χ0) is 16.8. The van der Waals surface area contributed by atoms with Crippen molar-refractivity contribution >= 4 is 12.0 Å². The van der Waals surface area contributed by atoms with Crippen LogP contribution in [0.1, 0.15) is 43.5 Å². The standard InChI is InChI=1S/C16H26N4O3/c1-11-10-12(2)20(19-11)9-3-8-17-16(23)18-14-6-4-13(5-7-14)15(21)22/h10,13-14H,3-9H2,1-2H3,(H,21,22)(H2,17,18,23). The summed E-state index contributed by atoms with van der Waals surface area (Å²) in [7, 11) is 0. The number of carboxylic acid groups (broad SMARTS) is 1. The Bertz CT molecular complexity index is 548. The summed E-state index contributed by atoms with van der Waals surface area (Å²) in [6.45, 7) is 5.36. The second-order valence-electron chi connectivity index (χ2n) is 6.29. The minimum atomic E-state index is -0.725. The first-order chi connectivity index (χ1) is 11.0. The van der Waals surface area contributed by atoms with Crippen LogP contribution in [0, 0.1) is 19.8 Å². The van der Waals surface area contributed by atoms with E-state index in [1.807, 2.05) is 24.6 Å². The van der Waals surface area contributed by atoms with Crippen molar-refractivity contribution in [2.45, 2.75) is 58.5 Å². The van der Waals surface area contributed by atoms with E-state index >= 15 is 0 Å². The average molecular weight is 322 g/mol. The van der Waals surface area contributed by atoms with Gasteiger partial charge >= 0.3 is 12.0 Å². The monoisotopic (exact) mass is 322 g/mol. The molecule has 128 valence electrons. The molecule has 1 aliphatic rings. The van der Waals surface area contributed by atoms with Crippen molar-refractivity contribution < 1.29 is 14.7 Å². The molecule has 3 N–H and O–H groups in total. The van der Waals surface area contributed by atoms with Crippen LogP contribution in [0.2, 0.25) is 0 Å². The van der Waals surface area contributed by atoms with Crippen molar-refractivity contribution in [2.75, 3.05) is 6.54 Å². The van der Waals surface area contributed by atoms with Crippen LogP contribution in [0.4, 0.5) is 4.79 Å². The summed E-state index contributed by atoms with van der Waals surface area (Å²) in [4.78, 5) is 22.7. The smallest absolute Gasteiger partial charge is 0.315 e. The number of nitrogens with zero attached hydrogens (tertiary/aromatic N) is 2. The van der Waals surface area contributed by atoms with Gasteiger partial charge in [0.25, 0.3) is 0 Å². The summed E-state index contributed by atoms with van der Waals surface area (Å²) >= 11 is 0. The fourth-order valence-corrected chi connectivity index (χ4v) is 3.05. The molecule has 0 spiro atoms. The highest BCUT2D eigenvalue weighted by atomic mass is 16.4. The third-order valence-corrected chi connectivity index (χ3v) is 4.35. The van der Waals surface area contributed by atoms with E-state index in [4.69, 9.17) is 5.11 Å². The Morgan fingerprint density at radius 1 is 1.30 bits per heavy atom. The van der Waals surface area contributed by atoms with E-state index in [0.717, 1.165) is 37.2 Å². The van der Waals surface area contributed by atoms with Crippen molar-refractivity contribution in [2.24, 2.45) is 5.92 Å². The molecule has 2 amide bonds. The summed E-state index contributed by atoms with van der Waals surface area (Å²) in [5.41, 5.74) is 2.13. The SMILES string of the molecule is Cc1cc(C)n(CCCNC(=O)NC2CCC(C(=O)O)CC2)n1. The van der Waals surface area contributed by atoms with E-state index in [9.17, 15) is 9.59 Å². The van der Waals surface area contributed by atoms with Crippen molar-refractivity contribution in [1.29, 1.82) is 0 Å². The molecule has 1 saturated carbocycles. The van der Waals surface area contributed by atoms with E-state index in [2.05, 4.69) is 15.7 Å². The van der Waals surface area contributed by atoms with Gasteiger partial charge in [-0.2, -0.15) is 5.10 Å². The largest absolute Gasteiger partial charge is 0.481 e. The molecular weight excluding hydrogens is 296 g/mol. The maximum atomic E-state index is 11.8. The second-order valence-corrected chi connectivity index (χ2v) is 6.29. The number of hydrogen-bond acceptors (Lipinski definition) is 3. The molecule has 0 bridgehead atoms. The lowest BCUT2D eigenvalue weighted by atomic mass is 9.86. The number of urea groups is 1. The molecule has 7 nitrogen and oxygen atoms in total. The van der Waals surface area contributed by atoms with Crippen LogP contribution in [0.15, 0.2) is 6.07 Å². The van der Waals surface area contributed by atoms with Crippen LogP contribution in [0.25, 0.3) is 0 Å². The fourth-order valence-electron chi connectivity index (χ4n) is 3.05. The lowest BCUT2D eigenvalue weighted by molar-refractivity contribution is -0.142. The highest BCUT2D eigenvalue weighted by Crippen LogP contribution is 2.24. The van der Waals surface area contributed by atoms with E-state index < -0.39 is 5.97 Å². The molecule has 1 fully saturated rings. The molecule has 0 aliphatic heterocycles. The number of amides is 2. The molecule has 0 aromatic carbocycles. The third-order valence-electron chi connectivity index (χ3n) is 4.35. The van der Waals surface area contributed by atoms with Gasteiger partial charge in [-0.25, -0.2) is 4.79 Å². The fraction of sp³-hybridized carbons (Fsp3) is 0.688. The van der Waals surface area contributed by atoms with Gasteiger partial charge in [-0.3, -0.25) is 9.48 Å². The van der Waals surface area contributed by atoms with Gasteiger partial charge in [-0.05, 0) is 52.0 Å². The predicted molar refractivity (Wildman–Crippen MR) is 86.2 cm³/mol. The Morgan fingerprint density at radius 2 is 2.00 bits per heavy atom. The van der Waals surface area contributed by atoms with Gasteiger partial charge in [0.15, 0.2) is 0 Å². The van der Waals surface area contributed by atoms with Crippen LogP contribution in [0.3, 0.4) is 0 Å². The summed E-state index contributed by atoms with van der Waals surface area (Å²) in [5.74, 6) is -0.978. The van der Waals surface area contributed by atoms with Gasteiger partial charge in [0.1, 0.15) is 0 Å². The van der Waals surface area contributed by atoms with Crippen molar-refractivity contribution in [3.8, 4) is 0 Å². The number of carbonyl (C=O) groups excluding carboxylic acids is 1. The number of hydrogen-bond donors (Lipinski definition) is 3. The zero-order valence-corrected chi connectivity index (χ0v) is 13.8. The van der Waals surface area contributed by atoms with Crippen molar-refractivity contribution in [1.82, 2.24) is 20.4 Å². The Hall–Kier alpha value is -2.05. The van der Waals surface area contributed by atoms with E-state index in [1.54, 1.807) is 0 Å². The Kier molecular flexibility index (Phi) is 6.01. The predicted octanol–water partition coefficient (Wildman–Crippen LogP) is 1.83. The van der Waals surface area contributed by atoms with Crippen LogP contribution in [-0.4, -0.2) is 39.5 Å². The lowest BCUT2D eigenvalue weighted by Gasteiger charge is -2.26. The van der Waals surface area contributed by atoms with Gasteiger partial charge in [-0.15, -0.1) is 0 Å². The zero-order valence-electron chi connectivity index (χ0n) is 13.8. The molecule has 1 heterocycles. The van der Waals surface area contributed by atoms with Crippen LogP contribution in [-0.2, 0) is 11.3 Å².